The first kappa shape index (κ1) is 17.5. The summed E-state index contributed by atoms with van der Waals surface area (Å²) < 4.78 is 36.9. The Balaban J connectivity index is 2.16. The third-order valence-electron chi connectivity index (χ3n) is 3.79. The van der Waals surface area contributed by atoms with Crippen LogP contribution in [0.15, 0.2) is 59.6 Å². The second-order valence-corrected chi connectivity index (χ2v) is 7.49. The van der Waals surface area contributed by atoms with E-state index in [1.54, 1.807) is 18.3 Å². The molecule has 25 heavy (non-hydrogen) atoms. The molecule has 0 aliphatic rings. The highest BCUT2D eigenvalue weighted by Gasteiger charge is 2.17. The average Bonchev–Trinajstić information content (AvgIpc) is 2.56. The Morgan fingerprint density at radius 2 is 1.80 bits per heavy atom. The zero-order chi connectivity index (χ0) is 18.2. The molecular formula is C18H14ClFN2O2S. The van der Waals surface area contributed by atoms with Gasteiger partial charge in [-0.2, -0.15) is 0 Å². The van der Waals surface area contributed by atoms with Crippen molar-refractivity contribution >= 4 is 21.6 Å². The molecule has 3 rings (SSSR count). The zero-order valence-corrected chi connectivity index (χ0v) is 14.8. The Morgan fingerprint density at radius 3 is 2.44 bits per heavy atom. The van der Waals surface area contributed by atoms with Crippen LogP contribution < -0.4 is 5.14 Å². The van der Waals surface area contributed by atoms with Gasteiger partial charge in [-0.25, -0.2) is 17.9 Å². The number of primary sulfonamides is 1. The van der Waals surface area contributed by atoms with Crippen molar-refractivity contribution in [1.29, 1.82) is 0 Å². The van der Waals surface area contributed by atoms with Crippen LogP contribution in [0.3, 0.4) is 0 Å². The first-order chi connectivity index (χ1) is 11.8. The number of rotatable bonds is 3. The van der Waals surface area contributed by atoms with E-state index in [0.717, 1.165) is 28.8 Å². The lowest BCUT2D eigenvalue weighted by Gasteiger charge is -2.11. The number of aromatic nitrogens is 1. The lowest BCUT2D eigenvalue weighted by atomic mass is 9.98. The van der Waals surface area contributed by atoms with Crippen LogP contribution in [0.25, 0.3) is 22.4 Å². The molecule has 3 aromatic rings. The number of hydrogen-bond acceptors (Lipinski definition) is 3. The maximum absolute atomic E-state index is 14.2. The van der Waals surface area contributed by atoms with E-state index in [0.29, 0.717) is 16.3 Å². The Morgan fingerprint density at radius 1 is 1.08 bits per heavy atom. The second kappa shape index (κ2) is 6.55. The molecule has 2 N–H and O–H groups in total. The summed E-state index contributed by atoms with van der Waals surface area (Å²) in [5.41, 5.74) is 3.55. The van der Waals surface area contributed by atoms with Crippen molar-refractivity contribution in [3.63, 3.8) is 0 Å². The molecule has 1 aromatic heterocycles. The van der Waals surface area contributed by atoms with Crippen LogP contribution in [-0.2, 0) is 10.0 Å². The minimum atomic E-state index is -4.12. The Bertz CT molecular complexity index is 1070. The quantitative estimate of drug-likeness (QED) is 0.745. The number of hydrogen-bond donors (Lipinski definition) is 1. The van der Waals surface area contributed by atoms with Crippen molar-refractivity contribution < 1.29 is 12.8 Å². The predicted molar refractivity (Wildman–Crippen MR) is 96.2 cm³/mol. The molecule has 0 aliphatic carbocycles. The van der Waals surface area contributed by atoms with E-state index in [4.69, 9.17) is 16.7 Å². The van der Waals surface area contributed by atoms with E-state index >= 15 is 0 Å². The fourth-order valence-electron chi connectivity index (χ4n) is 2.56. The minimum Gasteiger partial charge on any atom is -0.256 e. The summed E-state index contributed by atoms with van der Waals surface area (Å²) in [6.07, 6.45) is 1.59. The van der Waals surface area contributed by atoms with Crippen LogP contribution in [0.5, 0.6) is 0 Å². The lowest BCUT2D eigenvalue weighted by molar-refractivity contribution is 0.568. The maximum Gasteiger partial charge on any atom is 0.240 e. The van der Waals surface area contributed by atoms with E-state index < -0.39 is 20.7 Å². The van der Waals surface area contributed by atoms with Crippen molar-refractivity contribution in [2.24, 2.45) is 5.14 Å². The minimum absolute atomic E-state index is 0.452. The van der Waals surface area contributed by atoms with Crippen molar-refractivity contribution in [2.75, 3.05) is 0 Å². The molecule has 0 bridgehead atoms. The van der Waals surface area contributed by atoms with Gasteiger partial charge in [-0.05, 0) is 48.4 Å². The van der Waals surface area contributed by atoms with Gasteiger partial charge in [0, 0.05) is 22.3 Å². The van der Waals surface area contributed by atoms with Gasteiger partial charge in [-0.1, -0.05) is 29.8 Å². The summed E-state index contributed by atoms with van der Waals surface area (Å²) in [6, 6.07) is 12.9. The number of aryl methyl sites for hydroxylation is 1. The highest BCUT2D eigenvalue weighted by molar-refractivity contribution is 7.89. The summed E-state index contributed by atoms with van der Waals surface area (Å²) in [5.74, 6) is -0.913. The number of benzene rings is 2. The molecule has 0 spiro atoms. The Labute approximate surface area is 150 Å². The number of halogens is 2. The topological polar surface area (TPSA) is 73.0 Å². The second-order valence-electron chi connectivity index (χ2n) is 5.55. The molecule has 0 amide bonds. The molecule has 0 atom stereocenters. The van der Waals surface area contributed by atoms with E-state index in [-0.39, 0.29) is 0 Å². The summed E-state index contributed by atoms with van der Waals surface area (Å²) in [4.78, 5) is 3.78. The average molecular weight is 377 g/mol. The van der Waals surface area contributed by atoms with Crippen molar-refractivity contribution in [3.05, 3.63) is 71.1 Å². The van der Waals surface area contributed by atoms with Crippen LogP contribution in [-0.4, -0.2) is 13.4 Å². The maximum atomic E-state index is 14.2. The molecule has 1 heterocycles. The number of sulfonamides is 1. The van der Waals surface area contributed by atoms with Gasteiger partial charge >= 0.3 is 0 Å². The Kier molecular flexibility index (Phi) is 4.60. The van der Waals surface area contributed by atoms with Gasteiger partial charge in [-0.15, -0.1) is 0 Å². The zero-order valence-electron chi connectivity index (χ0n) is 13.2. The lowest BCUT2D eigenvalue weighted by Crippen LogP contribution is -2.14. The van der Waals surface area contributed by atoms with Gasteiger partial charge in [0.1, 0.15) is 10.7 Å². The van der Waals surface area contributed by atoms with Crippen LogP contribution >= 0.6 is 11.6 Å². The van der Waals surface area contributed by atoms with E-state index in [9.17, 15) is 12.8 Å². The molecule has 2 aromatic carbocycles. The van der Waals surface area contributed by atoms with Gasteiger partial charge in [0.25, 0.3) is 0 Å². The first-order valence-electron chi connectivity index (χ1n) is 7.31. The highest BCUT2D eigenvalue weighted by atomic mass is 35.5. The van der Waals surface area contributed by atoms with Crippen molar-refractivity contribution in [3.8, 4) is 22.4 Å². The Hall–Kier alpha value is -2.28. The van der Waals surface area contributed by atoms with Crippen LogP contribution in [0.2, 0.25) is 5.02 Å². The van der Waals surface area contributed by atoms with Crippen LogP contribution in [0.4, 0.5) is 4.39 Å². The van der Waals surface area contributed by atoms with Gasteiger partial charge in [0.15, 0.2) is 0 Å². The summed E-state index contributed by atoms with van der Waals surface area (Å²) in [7, 11) is -4.12. The summed E-state index contributed by atoms with van der Waals surface area (Å²) in [5, 5.41) is 5.65. The van der Waals surface area contributed by atoms with Crippen LogP contribution in [0.1, 0.15) is 5.56 Å². The first-order valence-corrected chi connectivity index (χ1v) is 9.24. The third kappa shape index (κ3) is 3.56. The van der Waals surface area contributed by atoms with Gasteiger partial charge in [-0.3, -0.25) is 4.98 Å². The summed E-state index contributed by atoms with van der Waals surface area (Å²) >= 11 is 6.07. The highest BCUT2D eigenvalue weighted by Crippen LogP contribution is 2.33. The van der Waals surface area contributed by atoms with Crippen molar-refractivity contribution in [1.82, 2.24) is 4.98 Å². The van der Waals surface area contributed by atoms with Gasteiger partial charge in [0.2, 0.25) is 10.0 Å². The monoisotopic (exact) mass is 376 g/mol. The molecule has 0 saturated carbocycles. The fourth-order valence-corrected chi connectivity index (χ4v) is 3.27. The van der Waals surface area contributed by atoms with Crippen molar-refractivity contribution in [2.45, 2.75) is 11.8 Å². The molecule has 4 nitrogen and oxygen atoms in total. The molecule has 0 fully saturated rings. The third-order valence-corrected chi connectivity index (χ3v) is 5.16. The largest absolute Gasteiger partial charge is 0.256 e. The van der Waals surface area contributed by atoms with E-state index in [1.165, 1.54) is 6.07 Å². The van der Waals surface area contributed by atoms with E-state index in [2.05, 4.69) is 4.98 Å². The van der Waals surface area contributed by atoms with Crippen LogP contribution in [0, 0.1) is 12.7 Å². The normalized spacial score (nSPS) is 11.5. The molecule has 0 radical (unpaired) electrons. The van der Waals surface area contributed by atoms with Gasteiger partial charge < -0.3 is 0 Å². The SMILES string of the molecule is Cc1cc(-c2cccnc2-c2ccc(S(N)(=O)=O)c(F)c2)ccc1Cl. The molecule has 7 heteroatoms. The smallest absolute Gasteiger partial charge is 0.240 e. The molecule has 0 unspecified atom stereocenters. The molecule has 128 valence electrons. The number of nitrogens with two attached hydrogens (primary N) is 1. The molecule has 0 aliphatic heterocycles. The number of pyridine rings is 1. The van der Waals surface area contributed by atoms with E-state index in [1.807, 2.05) is 25.1 Å². The number of nitrogens with zero attached hydrogens (tertiary/aromatic N) is 1. The summed E-state index contributed by atoms with van der Waals surface area (Å²) in [6.45, 7) is 1.89. The van der Waals surface area contributed by atoms with Gasteiger partial charge in [0.05, 0.1) is 5.69 Å². The fraction of sp³-hybridized carbons (Fsp3) is 0.0556. The standard InChI is InChI=1S/C18H14ClFN2O2S/c1-11-9-12(4-6-15(11)19)14-3-2-8-22-18(14)13-5-7-17(16(20)10-13)25(21,23)24/h2-10H,1H3,(H2,21,23,24). The predicted octanol–water partition coefficient (Wildman–Crippen LogP) is 4.16. The molecule has 0 saturated heterocycles. The molecular weight excluding hydrogens is 363 g/mol.